The normalized spacial score (nSPS) is 27.9. The van der Waals surface area contributed by atoms with Gasteiger partial charge in [-0.25, -0.2) is 0 Å². The average molecular weight is 186 g/mol. The molecule has 0 spiro atoms. The largest absolute Gasteiger partial charge is 0.380 e. The summed E-state index contributed by atoms with van der Waals surface area (Å²) < 4.78 is 5.33. The molecular formula is C10H22N2O. The minimum Gasteiger partial charge on any atom is -0.380 e. The van der Waals surface area contributed by atoms with Gasteiger partial charge in [0.05, 0.1) is 6.10 Å². The van der Waals surface area contributed by atoms with Crippen LogP contribution in [0.5, 0.6) is 0 Å². The van der Waals surface area contributed by atoms with Crippen LogP contribution in [0.15, 0.2) is 0 Å². The summed E-state index contributed by atoms with van der Waals surface area (Å²) in [7, 11) is 3.97. The van der Waals surface area contributed by atoms with Crippen molar-refractivity contribution in [1.82, 2.24) is 10.2 Å². The predicted octanol–water partition coefficient (Wildman–Crippen LogP) is 0.704. The zero-order chi connectivity index (χ0) is 9.84. The Morgan fingerprint density at radius 3 is 2.62 bits per heavy atom. The summed E-state index contributed by atoms with van der Waals surface area (Å²) in [6, 6.07) is 1.18. The molecule has 1 saturated heterocycles. The van der Waals surface area contributed by atoms with Crippen LogP contribution in [0.2, 0.25) is 0 Å². The molecule has 78 valence electrons. The first kappa shape index (κ1) is 11.0. The van der Waals surface area contributed by atoms with Crippen molar-refractivity contribution in [1.29, 1.82) is 0 Å². The molecule has 0 saturated carbocycles. The van der Waals surface area contributed by atoms with Gasteiger partial charge in [0.2, 0.25) is 0 Å². The zero-order valence-corrected chi connectivity index (χ0v) is 9.21. The molecule has 1 fully saturated rings. The Bertz CT molecular complexity index is 146. The SMILES string of the molecule is COC(C)C(C)N(C)C1CCNC1. The standard InChI is InChI=1S/C10H22N2O/c1-8(9(2)13-4)12(3)10-5-6-11-7-10/h8-11H,5-7H2,1-4H3. The van der Waals surface area contributed by atoms with Crippen LogP contribution in [0.25, 0.3) is 0 Å². The molecule has 3 atom stereocenters. The summed E-state index contributed by atoms with van der Waals surface area (Å²) in [5.74, 6) is 0. The van der Waals surface area contributed by atoms with Gasteiger partial charge >= 0.3 is 0 Å². The van der Waals surface area contributed by atoms with Gasteiger partial charge in [-0.2, -0.15) is 0 Å². The van der Waals surface area contributed by atoms with Crippen molar-refractivity contribution in [3.63, 3.8) is 0 Å². The first-order valence-corrected chi connectivity index (χ1v) is 5.12. The maximum absolute atomic E-state index is 5.33. The monoisotopic (exact) mass is 186 g/mol. The van der Waals surface area contributed by atoms with Gasteiger partial charge in [0.1, 0.15) is 0 Å². The van der Waals surface area contributed by atoms with Crippen molar-refractivity contribution >= 4 is 0 Å². The van der Waals surface area contributed by atoms with E-state index in [0.29, 0.717) is 18.2 Å². The molecule has 3 heteroatoms. The lowest BCUT2D eigenvalue weighted by Gasteiger charge is -2.33. The first-order valence-electron chi connectivity index (χ1n) is 5.12. The third kappa shape index (κ3) is 2.66. The molecular weight excluding hydrogens is 164 g/mol. The highest BCUT2D eigenvalue weighted by molar-refractivity contribution is 4.83. The number of rotatable bonds is 4. The van der Waals surface area contributed by atoms with Gasteiger partial charge in [-0.1, -0.05) is 0 Å². The quantitative estimate of drug-likeness (QED) is 0.699. The van der Waals surface area contributed by atoms with E-state index in [1.807, 2.05) is 0 Å². The fourth-order valence-electron chi connectivity index (χ4n) is 1.85. The Balaban J connectivity index is 2.40. The lowest BCUT2D eigenvalue weighted by Crippen LogP contribution is -2.45. The highest BCUT2D eigenvalue weighted by Crippen LogP contribution is 2.13. The summed E-state index contributed by atoms with van der Waals surface area (Å²) in [6.45, 7) is 6.64. The Labute approximate surface area is 81.4 Å². The Morgan fingerprint density at radius 1 is 1.46 bits per heavy atom. The van der Waals surface area contributed by atoms with E-state index in [4.69, 9.17) is 4.74 Å². The van der Waals surface area contributed by atoms with Crippen LogP contribution in [0, 0.1) is 0 Å². The molecule has 0 radical (unpaired) electrons. The maximum atomic E-state index is 5.33. The molecule has 1 rings (SSSR count). The van der Waals surface area contributed by atoms with E-state index < -0.39 is 0 Å². The summed E-state index contributed by atoms with van der Waals surface area (Å²) in [4.78, 5) is 2.42. The summed E-state index contributed by atoms with van der Waals surface area (Å²) in [5.41, 5.74) is 0. The highest BCUT2D eigenvalue weighted by Gasteiger charge is 2.25. The van der Waals surface area contributed by atoms with E-state index in [0.717, 1.165) is 13.1 Å². The van der Waals surface area contributed by atoms with Crippen LogP contribution in [0.3, 0.4) is 0 Å². The fourth-order valence-corrected chi connectivity index (χ4v) is 1.85. The summed E-state index contributed by atoms with van der Waals surface area (Å²) in [5, 5.41) is 3.38. The van der Waals surface area contributed by atoms with Gasteiger partial charge in [0.25, 0.3) is 0 Å². The van der Waals surface area contributed by atoms with Gasteiger partial charge in [-0.3, -0.25) is 4.90 Å². The minimum atomic E-state index is 0.311. The van der Waals surface area contributed by atoms with E-state index in [9.17, 15) is 0 Å². The number of nitrogens with zero attached hydrogens (tertiary/aromatic N) is 1. The van der Waals surface area contributed by atoms with Gasteiger partial charge in [0, 0.05) is 25.7 Å². The molecule has 0 bridgehead atoms. The Kier molecular flexibility index (Phi) is 4.16. The van der Waals surface area contributed by atoms with Crippen molar-refractivity contribution in [2.24, 2.45) is 0 Å². The summed E-state index contributed by atoms with van der Waals surface area (Å²) >= 11 is 0. The first-order chi connectivity index (χ1) is 6.16. The second-order valence-electron chi connectivity index (χ2n) is 3.99. The molecule has 0 aromatic heterocycles. The number of hydrogen-bond donors (Lipinski definition) is 1. The van der Waals surface area contributed by atoms with Gasteiger partial charge < -0.3 is 10.1 Å². The molecule has 1 N–H and O–H groups in total. The third-order valence-electron chi connectivity index (χ3n) is 3.30. The van der Waals surface area contributed by atoms with Crippen LogP contribution in [-0.2, 0) is 4.74 Å². The molecule has 3 unspecified atom stereocenters. The molecule has 3 nitrogen and oxygen atoms in total. The molecule has 13 heavy (non-hydrogen) atoms. The van der Waals surface area contributed by atoms with Gasteiger partial charge in [-0.15, -0.1) is 0 Å². The topological polar surface area (TPSA) is 24.5 Å². The highest BCUT2D eigenvalue weighted by atomic mass is 16.5. The van der Waals surface area contributed by atoms with Crippen molar-refractivity contribution in [2.75, 3.05) is 27.2 Å². The minimum absolute atomic E-state index is 0.311. The van der Waals surface area contributed by atoms with Crippen LogP contribution >= 0.6 is 0 Å². The van der Waals surface area contributed by atoms with Crippen LogP contribution in [0.4, 0.5) is 0 Å². The number of ether oxygens (including phenoxy) is 1. The van der Waals surface area contributed by atoms with Crippen molar-refractivity contribution < 1.29 is 4.74 Å². The van der Waals surface area contributed by atoms with Crippen LogP contribution in [0.1, 0.15) is 20.3 Å². The van der Waals surface area contributed by atoms with E-state index >= 15 is 0 Å². The molecule has 0 aromatic rings. The number of hydrogen-bond acceptors (Lipinski definition) is 3. The van der Waals surface area contributed by atoms with Crippen molar-refractivity contribution in [3.8, 4) is 0 Å². The van der Waals surface area contributed by atoms with Crippen LogP contribution < -0.4 is 5.32 Å². The molecule has 1 heterocycles. The van der Waals surface area contributed by atoms with Crippen LogP contribution in [-0.4, -0.2) is 50.3 Å². The second-order valence-corrected chi connectivity index (χ2v) is 3.99. The molecule has 1 aliphatic heterocycles. The molecule has 0 aliphatic carbocycles. The maximum Gasteiger partial charge on any atom is 0.0695 e. The summed E-state index contributed by atoms with van der Waals surface area (Å²) in [6.07, 6.45) is 1.57. The molecule has 1 aliphatic rings. The van der Waals surface area contributed by atoms with Gasteiger partial charge in [-0.05, 0) is 33.9 Å². The number of likely N-dealkylation sites (N-methyl/N-ethyl adjacent to an activating group) is 1. The average Bonchev–Trinajstić information content (AvgIpc) is 2.67. The van der Waals surface area contributed by atoms with Gasteiger partial charge in [0.15, 0.2) is 0 Å². The Hall–Kier alpha value is -0.120. The fraction of sp³-hybridized carbons (Fsp3) is 1.00. The van der Waals surface area contributed by atoms with E-state index in [-0.39, 0.29) is 0 Å². The Morgan fingerprint density at radius 2 is 2.15 bits per heavy atom. The van der Waals surface area contributed by atoms with E-state index in [2.05, 4.69) is 31.1 Å². The van der Waals surface area contributed by atoms with Crippen molar-refractivity contribution in [2.45, 2.75) is 38.5 Å². The molecule has 0 amide bonds. The van der Waals surface area contributed by atoms with E-state index in [1.165, 1.54) is 6.42 Å². The van der Waals surface area contributed by atoms with Crippen molar-refractivity contribution in [3.05, 3.63) is 0 Å². The lowest BCUT2D eigenvalue weighted by molar-refractivity contribution is 0.0302. The third-order valence-corrected chi connectivity index (χ3v) is 3.30. The number of methoxy groups -OCH3 is 1. The number of nitrogens with one attached hydrogen (secondary N) is 1. The second kappa shape index (κ2) is 4.94. The smallest absolute Gasteiger partial charge is 0.0695 e. The predicted molar refractivity (Wildman–Crippen MR) is 55.0 cm³/mol. The van der Waals surface area contributed by atoms with E-state index in [1.54, 1.807) is 7.11 Å². The zero-order valence-electron chi connectivity index (χ0n) is 9.21. The lowest BCUT2D eigenvalue weighted by atomic mass is 10.1. The molecule has 0 aromatic carbocycles.